The summed E-state index contributed by atoms with van der Waals surface area (Å²) in [6, 6.07) is 6.20. The zero-order valence-electron chi connectivity index (χ0n) is 17.4. The first-order valence-corrected chi connectivity index (χ1v) is 10.4. The van der Waals surface area contributed by atoms with Crippen LogP contribution in [0.5, 0.6) is 5.75 Å². The first-order valence-electron chi connectivity index (χ1n) is 9.61. The van der Waals surface area contributed by atoms with Crippen LogP contribution in [0.3, 0.4) is 0 Å². The molecule has 0 unspecified atom stereocenters. The summed E-state index contributed by atoms with van der Waals surface area (Å²) in [4.78, 5) is 0.887. The molecule has 4 nitrogen and oxygen atoms in total. The second-order valence-corrected chi connectivity index (χ2v) is 7.64. The molecule has 0 aliphatic carbocycles. The van der Waals surface area contributed by atoms with E-state index in [-0.39, 0.29) is 0 Å². The fourth-order valence-electron chi connectivity index (χ4n) is 3.11. The van der Waals surface area contributed by atoms with Gasteiger partial charge in [0.2, 0.25) is 0 Å². The third-order valence-corrected chi connectivity index (χ3v) is 5.45. The molecule has 1 aliphatic rings. The van der Waals surface area contributed by atoms with Gasteiger partial charge in [-0.05, 0) is 62.1 Å². The number of aromatic nitrogens is 1. The van der Waals surface area contributed by atoms with Crippen LogP contribution in [-0.2, 0) is 7.05 Å². The predicted octanol–water partition coefficient (Wildman–Crippen LogP) is 5.72. The summed E-state index contributed by atoms with van der Waals surface area (Å²) in [5, 5.41) is 1.06. The Balaban J connectivity index is 0.000000755. The van der Waals surface area contributed by atoms with Gasteiger partial charge >= 0.3 is 0 Å². The molecule has 0 saturated carbocycles. The maximum absolute atomic E-state index is 6.04. The molecule has 5 heteroatoms. The van der Waals surface area contributed by atoms with Gasteiger partial charge in [-0.25, -0.2) is 0 Å². The Kier molecular flexibility index (Phi) is 6.52. The Hall–Kier alpha value is -2.89. The molecule has 29 heavy (non-hydrogen) atoms. The van der Waals surface area contributed by atoms with E-state index in [0.29, 0.717) is 0 Å². The van der Waals surface area contributed by atoms with Gasteiger partial charge in [0.05, 0.1) is 11.6 Å². The topological polar surface area (TPSA) is 52.3 Å². The van der Waals surface area contributed by atoms with Crippen LogP contribution >= 0.6 is 11.3 Å². The maximum Gasteiger partial charge on any atom is 0.271 e. The zero-order valence-corrected chi connectivity index (χ0v) is 18.2. The summed E-state index contributed by atoms with van der Waals surface area (Å²) in [5.41, 5.74) is 9.25. The van der Waals surface area contributed by atoms with Gasteiger partial charge in [-0.3, -0.25) is 0 Å². The minimum atomic E-state index is 0.750. The van der Waals surface area contributed by atoms with Crippen LogP contribution in [0.4, 0.5) is 0 Å². The van der Waals surface area contributed by atoms with Gasteiger partial charge in [0.1, 0.15) is 24.3 Å². The number of allylic oxidation sites excluding steroid dienone is 2. The van der Waals surface area contributed by atoms with Gasteiger partial charge in [-0.15, -0.1) is 0 Å². The molecule has 4 rings (SSSR count). The van der Waals surface area contributed by atoms with Crippen LogP contribution in [0.25, 0.3) is 34.7 Å². The molecule has 2 N–H and O–H groups in total. The normalized spacial score (nSPS) is 14.0. The molecule has 1 aliphatic heterocycles. The number of benzene rings is 1. The van der Waals surface area contributed by atoms with Gasteiger partial charge in [0, 0.05) is 5.56 Å². The van der Waals surface area contributed by atoms with Gasteiger partial charge in [-0.2, -0.15) is 4.57 Å². The van der Waals surface area contributed by atoms with Gasteiger partial charge in [0.15, 0.2) is 0 Å². The third-order valence-electron chi connectivity index (χ3n) is 4.39. The first-order chi connectivity index (χ1) is 14.0. The van der Waals surface area contributed by atoms with Crippen molar-refractivity contribution < 1.29 is 13.7 Å². The summed E-state index contributed by atoms with van der Waals surface area (Å²) in [6.45, 7) is 10.7. The highest BCUT2D eigenvalue weighted by Crippen LogP contribution is 2.33. The molecule has 3 heterocycles. The van der Waals surface area contributed by atoms with Crippen molar-refractivity contribution in [1.82, 2.24) is 0 Å². The maximum atomic E-state index is 6.04. The van der Waals surface area contributed by atoms with Crippen LogP contribution in [0.2, 0.25) is 0 Å². The minimum Gasteiger partial charge on any atom is -0.456 e. The van der Waals surface area contributed by atoms with Crippen LogP contribution < -0.4 is 15.0 Å². The van der Waals surface area contributed by atoms with Crippen molar-refractivity contribution in [3.63, 3.8) is 0 Å². The summed E-state index contributed by atoms with van der Waals surface area (Å²) in [5.74, 6) is 2.54. The molecule has 1 aromatic carbocycles. The Bertz CT molecular complexity index is 1130. The first kappa shape index (κ1) is 20.8. The van der Waals surface area contributed by atoms with E-state index in [2.05, 4.69) is 36.3 Å². The van der Waals surface area contributed by atoms with Gasteiger partial charge < -0.3 is 14.9 Å². The highest BCUT2D eigenvalue weighted by molar-refractivity contribution is 7.18. The second kappa shape index (κ2) is 9.07. The SMILES string of the molecule is C=Cc1c(/C=C\C)oc2sc(/C=C3\C=Cc4cc(C)ccc4O3)[n+](C)c12.CCN. The molecule has 150 valence electrons. The molecule has 3 aromatic rings. The van der Waals surface area contributed by atoms with E-state index in [1.807, 2.05) is 57.3 Å². The Morgan fingerprint density at radius 1 is 1.28 bits per heavy atom. The van der Waals surface area contributed by atoms with Crippen LogP contribution in [0.1, 0.15) is 41.3 Å². The third kappa shape index (κ3) is 4.26. The predicted molar refractivity (Wildman–Crippen MR) is 124 cm³/mol. The molecule has 0 bridgehead atoms. The van der Waals surface area contributed by atoms with E-state index in [1.54, 1.807) is 11.3 Å². The number of ether oxygens (including phenoxy) is 1. The Labute approximate surface area is 175 Å². The summed E-state index contributed by atoms with van der Waals surface area (Å²) in [7, 11) is 2.04. The number of nitrogens with two attached hydrogens (primary N) is 1. The quantitative estimate of drug-likeness (QED) is 0.565. The average Bonchev–Trinajstić information content (AvgIpc) is 3.18. The average molecular weight is 408 g/mol. The Morgan fingerprint density at radius 2 is 2.03 bits per heavy atom. The molecule has 0 spiro atoms. The highest BCUT2D eigenvalue weighted by atomic mass is 32.1. The van der Waals surface area contributed by atoms with Crippen molar-refractivity contribution in [3.05, 3.63) is 70.1 Å². The lowest BCUT2D eigenvalue weighted by atomic mass is 10.1. The monoisotopic (exact) mass is 407 g/mol. The van der Waals surface area contributed by atoms with Crippen molar-refractivity contribution in [2.24, 2.45) is 12.8 Å². The number of furan rings is 1. The number of rotatable bonds is 3. The van der Waals surface area contributed by atoms with Crippen molar-refractivity contribution >= 4 is 46.1 Å². The van der Waals surface area contributed by atoms with E-state index in [0.717, 1.165) is 50.4 Å². The van der Waals surface area contributed by atoms with Crippen molar-refractivity contribution in [2.75, 3.05) is 6.54 Å². The number of aryl methyl sites for hydroxylation is 2. The largest absolute Gasteiger partial charge is 0.456 e. The van der Waals surface area contributed by atoms with Crippen molar-refractivity contribution in [1.29, 1.82) is 0 Å². The minimum absolute atomic E-state index is 0.750. The number of hydrogen-bond acceptors (Lipinski definition) is 4. The fraction of sp³-hybridized carbons (Fsp3) is 0.208. The molecular formula is C24H27N2O2S+. The molecular weight excluding hydrogens is 380 g/mol. The van der Waals surface area contributed by atoms with Gasteiger partial charge in [0.25, 0.3) is 15.4 Å². The molecule has 0 saturated heterocycles. The lowest BCUT2D eigenvalue weighted by Gasteiger charge is -2.14. The smallest absolute Gasteiger partial charge is 0.271 e. The van der Waals surface area contributed by atoms with E-state index in [1.165, 1.54) is 5.56 Å². The fourth-order valence-corrected chi connectivity index (χ4v) is 4.18. The van der Waals surface area contributed by atoms with Crippen LogP contribution in [0.15, 0.2) is 47.1 Å². The number of fused-ring (bicyclic) bond motifs is 2. The van der Waals surface area contributed by atoms with Crippen molar-refractivity contribution in [2.45, 2.75) is 20.8 Å². The second-order valence-electron chi connectivity index (χ2n) is 6.65. The lowest BCUT2D eigenvalue weighted by Crippen LogP contribution is -2.29. The van der Waals surface area contributed by atoms with E-state index in [9.17, 15) is 0 Å². The van der Waals surface area contributed by atoms with E-state index < -0.39 is 0 Å². The van der Waals surface area contributed by atoms with E-state index >= 15 is 0 Å². The summed E-state index contributed by atoms with van der Waals surface area (Å²) < 4.78 is 14.2. The number of thiazole rings is 1. The van der Waals surface area contributed by atoms with Crippen LogP contribution in [0, 0.1) is 6.92 Å². The van der Waals surface area contributed by atoms with Crippen LogP contribution in [-0.4, -0.2) is 6.54 Å². The van der Waals surface area contributed by atoms with E-state index in [4.69, 9.17) is 14.9 Å². The van der Waals surface area contributed by atoms with Crippen molar-refractivity contribution in [3.8, 4) is 5.75 Å². The molecule has 0 fully saturated rings. The molecule has 0 atom stereocenters. The molecule has 0 radical (unpaired) electrons. The Morgan fingerprint density at radius 3 is 2.72 bits per heavy atom. The molecule has 2 aromatic heterocycles. The number of hydrogen-bond donors (Lipinski definition) is 1. The lowest BCUT2D eigenvalue weighted by molar-refractivity contribution is -0.642. The highest BCUT2D eigenvalue weighted by Gasteiger charge is 2.25. The van der Waals surface area contributed by atoms with Gasteiger partial charge in [-0.1, -0.05) is 37.3 Å². The zero-order chi connectivity index (χ0) is 21.0. The summed E-state index contributed by atoms with van der Waals surface area (Å²) >= 11 is 1.60. The molecule has 0 amide bonds. The standard InChI is InChI=1S/C22H20NO2S.C2H7N/c1-5-7-19-17(6-2)21-22(25-19)26-20(23(21)4)13-16-10-9-15-12-14(3)8-11-18(15)24-16;1-2-3/h5-13H,2H2,1,3-4H3;2-3H2,1H3/q+1;/b7-5-,16-13+;. The summed E-state index contributed by atoms with van der Waals surface area (Å²) in [6.07, 6.45) is 11.9. The number of nitrogens with zero attached hydrogens (tertiary/aromatic N) is 1.